The number of halogens is 1. The third-order valence-electron chi connectivity index (χ3n) is 2.55. The van der Waals surface area contributed by atoms with Crippen molar-refractivity contribution in [2.75, 3.05) is 18.5 Å². The Morgan fingerprint density at radius 3 is 2.60 bits per heavy atom. The first kappa shape index (κ1) is 16.2. The van der Waals surface area contributed by atoms with Crippen molar-refractivity contribution < 1.29 is 19.8 Å². The van der Waals surface area contributed by atoms with Crippen molar-refractivity contribution >= 4 is 29.3 Å². The fraction of sp³-hybridized carbons (Fsp3) is 0.417. The Hall–Kier alpha value is -1.86. The number of hydrogen-bond acceptors (Lipinski definition) is 5. The number of carboxylic acid groups (broad SMARTS) is 1. The molecule has 0 fully saturated rings. The van der Waals surface area contributed by atoms with Gasteiger partial charge in [0.2, 0.25) is 5.91 Å². The molecular formula is C12H16ClN3O4. The molecule has 1 amide bonds. The number of aliphatic carboxylic acids is 1. The van der Waals surface area contributed by atoms with Crippen LogP contribution in [0.3, 0.4) is 0 Å². The zero-order valence-electron chi connectivity index (χ0n) is 11.1. The third-order valence-corrected chi connectivity index (χ3v) is 2.77. The number of anilines is 1. The maximum atomic E-state index is 11.7. The zero-order chi connectivity index (χ0) is 15.3. The van der Waals surface area contributed by atoms with E-state index >= 15 is 0 Å². The Bertz CT molecular complexity index is 478. The number of carbonyl (C=O) groups is 2. The van der Waals surface area contributed by atoms with Crippen LogP contribution in [-0.2, 0) is 9.59 Å². The molecule has 1 heterocycles. The number of carboxylic acids is 1. The maximum absolute atomic E-state index is 11.7. The van der Waals surface area contributed by atoms with Crippen molar-refractivity contribution in [3.05, 3.63) is 23.4 Å². The zero-order valence-corrected chi connectivity index (χ0v) is 11.8. The van der Waals surface area contributed by atoms with Gasteiger partial charge in [-0.25, -0.2) is 9.78 Å². The van der Waals surface area contributed by atoms with Crippen molar-refractivity contribution in [1.82, 2.24) is 10.3 Å². The van der Waals surface area contributed by atoms with E-state index in [0.717, 1.165) is 0 Å². The summed E-state index contributed by atoms with van der Waals surface area (Å²) in [6, 6.07) is 1.93. The molecule has 2 unspecified atom stereocenters. The molecule has 0 aliphatic heterocycles. The number of amides is 1. The number of aliphatic hydroxyl groups excluding tert-OH is 1. The number of rotatable bonds is 6. The number of aromatic nitrogens is 1. The van der Waals surface area contributed by atoms with Crippen LogP contribution in [0.1, 0.15) is 6.92 Å². The van der Waals surface area contributed by atoms with Gasteiger partial charge in [0.1, 0.15) is 5.82 Å². The average Bonchev–Trinajstić information content (AvgIpc) is 2.35. The summed E-state index contributed by atoms with van der Waals surface area (Å²) in [7, 11) is 1.63. The van der Waals surface area contributed by atoms with Crippen LogP contribution in [-0.4, -0.2) is 52.8 Å². The van der Waals surface area contributed by atoms with Gasteiger partial charge < -0.3 is 20.4 Å². The highest BCUT2D eigenvalue weighted by atomic mass is 35.5. The van der Waals surface area contributed by atoms with Crippen molar-refractivity contribution in [3.8, 4) is 0 Å². The lowest BCUT2D eigenvalue weighted by molar-refractivity contribution is -0.144. The highest BCUT2D eigenvalue weighted by Gasteiger charge is 2.25. The van der Waals surface area contributed by atoms with E-state index in [1.807, 2.05) is 0 Å². The van der Waals surface area contributed by atoms with E-state index in [1.165, 1.54) is 18.0 Å². The first-order valence-corrected chi connectivity index (χ1v) is 6.22. The number of nitrogens with zero attached hydrogens (tertiary/aromatic N) is 2. The summed E-state index contributed by atoms with van der Waals surface area (Å²) in [6.07, 6.45) is 0.261. The molecule has 110 valence electrons. The Kier molecular flexibility index (Phi) is 5.72. The normalized spacial score (nSPS) is 13.4. The molecule has 0 aliphatic carbocycles. The predicted octanol–water partition coefficient (Wildman–Crippen LogP) is 0.121. The van der Waals surface area contributed by atoms with E-state index < -0.39 is 24.0 Å². The van der Waals surface area contributed by atoms with E-state index in [0.29, 0.717) is 10.8 Å². The SMILES string of the molecule is CC(O)C(NC(=O)CN(C)c1ccc(Cl)cn1)C(=O)O. The minimum absolute atomic E-state index is 0.0921. The lowest BCUT2D eigenvalue weighted by atomic mass is 10.2. The van der Waals surface area contributed by atoms with E-state index in [1.54, 1.807) is 19.2 Å². The average molecular weight is 302 g/mol. The van der Waals surface area contributed by atoms with E-state index in [2.05, 4.69) is 10.3 Å². The Balaban J connectivity index is 2.61. The van der Waals surface area contributed by atoms with Gasteiger partial charge >= 0.3 is 5.97 Å². The minimum Gasteiger partial charge on any atom is -0.480 e. The molecule has 1 aromatic rings. The number of carbonyl (C=O) groups excluding carboxylic acids is 1. The van der Waals surface area contributed by atoms with Gasteiger partial charge in [-0.3, -0.25) is 4.79 Å². The van der Waals surface area contributed by atoms with Crippen LogP contribution >= 0.6 is 11.6 Å². The number of aliphatic hydroxyl groups is 1. The maximum Gasteiger partial charge on any atom is 0.328 e. The number of nitrogens with one attached hydrogen (secondary N) is 1. The van der Waals surface area contributed by atoms with Crippen LogP contribution in [0.15, 0.2) is 18.3 Å². The largest absolute Gasteiger partial charge is 0.480 e. The van der Waals surface area contributed by atoms with Crippen molar-refractivity contribution in [2.45, 2.75) is 19.1 Å². The summed E-state index contributed by atoms with van der Waals surface area (Å²) in [5.74, 6) is -1.30. The number of likely N-dealkylation sites (N-methyl/N-ethyl adjacent to an activating group) is 1. The third kappa shape index (κ3) is 4.67. The second kappa shape index (κ2) is 7.06. The number of pyridine rings is 1. The Morgan fingerprint density at radius 2 is 2.15 bits per heavy atom. The summed E-state index contributed by atoms with van der Waals surface area (Å²) >= 11 is 5.71. The Morgan fingerprint density at radius 1 is 1.50 bits per heavy atom. The first-order chi connectivity index (χ1) is 9.31. The van der Waals surface area contributed by atoms with E-state index in [-0.39, 0.29) is 6.54 Å². The van der Waals surface area contributed by atoms with Crippen LogP contribution in [0.2, 0.25) is 5.02 Å². The standard InChI is InChI=1S/C12H16ClN3O4/c1-7(17)11(12(19)20)15-10(18)6-16(2)9-4-3-8(13)5-14-9/h3-5,7,11,17H,6H2,1-2H3,(H,15,18)(H,19,20). The van der Waals surface area contributed by atoms with Gasteiger partial charge in [0.25, 0.3) is 0 Å². The fourth-order valence-corrected chi connectivity index (χ4v) is 1.61. The molecule has 0 aliphatic rings. The summed E-state index contributed by atoms with van der Waals surface area (Å²) < 4.78 is 0. The summed E-state index contributed by atoms with van der Waals surface area (Å²) in [4.78, 5) is 28.1. The molecule has 1 aromatic heterocycles. The van der Waals surface area contributed by atoms with E-state index in [9.17, 15) is 14.7 Å². The molecule has 0 spiro atoms. The monoisotopic (exact) mass is 301 g/mol. The molecule has 0 saturated heterocycles. The second-order valence-corrected chi connectivity index (χ2v) is 4.75. The molecule has 0 saturated carbocycles. The summed E-state index contributed by atoms with van der Waals surface area (Å²) in [6.45, 7) is 1.20. The van der Waals surface area contributed by atoms with E-state index in [4.69, 9.17) is 16.7 Å². The van der Waals surface area contributed by atoms with Crippen molar-refractivity contribution in [3.63, 3.8) is 0 Å². The molecule has 8 heteroatoms. The lowest BCUT2D eigenvalue weighted by Crippen LogP contribution is -2.50. The number of hydrogen-bond donors (Lipinski definition) is 3. The quantitative estimate of drug-likeness (QED) is 0.690. The molecule has 2 atom stereocenters. The van der Waals surface area contributed by atoms with Crippen LogP contribution in [0.4, 0.5) is 5.82 Å². The van der Waals surface area contributed by atoms with Gasteiger partial charge in [-0.05, 0) is 19.1 Å². The van der Waals surface area contributed by atoms with Gasteiger partial charge in [-0.1, -0.05) is 11.6 Å². The summed E-state index contributed by atoms with van der Waals surface area (Å²) in [5, 5.41) is 20.9. The van der Waals surface area contributed by atoms with Crippen LogP contribution in [0.25, 0.3) is 0 Å². The van der Waals surface area contributed by atoms with Crippen molar-refractivity contribution in [2.24, 2.45) is 0 Å². The minimum atomic E-state index is -1.34. The molecule has 1 rings (SSSR count). The van der Waals surface area contributed by atoms with Gasteiger partial charge in [0, 0.05) is 13.2 Å². The summed E-state index contributed by atoms with van der Waals surface area (Å²) in [5.41, 5.74) is 0. The molecule has 0 radical (unpaired) electrons. The molecule has 3 N–H and O–H groups in total. The Labute approximate surface area is 121 Å². The predicted molar refractivity (Wildman–Crippen MR) is 73.8 cm³/mol. The highest BCUT2D eigenvalue weighted by molar-refractivity contribution is 6.30. The van der Waals surface area contributed by atoms with Gasteiger partial charge in [-0.2, -0.15) is 0 Å². The van der Waals surface area contributed by atoms with Gasteiger partial charge in [0.05, 0.1) is 17.7 Å². The highest BCUT2D eigenvalue weighted by Crippen LogP contribution is 2.12. The van der Waals surface area contributed by atoms with Crippen LogP contribution < -0.4 is 10.2 Å². The molecule has 0 aromatic carbocycles. The molecule has 7 nitrogen and oxygen atoms in total. The van der Waals surface area contributed by atoms with Gasteiger partial charge in [-0.15, -0.1) is 0 Å². The fourth-order valence-electron chi connectivity index (χ4n) is 1.50. The van der Waals surface area contributed by atoms with Crippen LogP contribution in [0, 0.1) is 0 Å². The molecule has 20 heavy (non-hydrogen) atoms. The van der Waals surface area contributed by atoms with Crippen molar-refractivity contribution in [1.29, 1.82) is 0 Å². The topological polar surface area (TPSA) is 103 Å². The molecule has 0 bridgehead atoms. The smallest absolute Gasteiger partial charge is 0.328 e. The lowest BCUT2D eigenvalue weighted by Gasteiger charge is -2.21. The van der Waals surface area contributed by atoms with Crippen LogP contribution in [0.5, 0.6) is 0 Å². The molecular weight excluding hydrogens is 286 g/mol. The first-order valence-electron chi connectivity index (χ1n) is 5.84. The second-order valence-electron chi connectivity index (χ2n) is 4.31. The van der Waals surface area contributed by atoms with Gasteiger partial charge in [0.15, 0.2) is 6.04 Å².